The molecule has 0 aromatic heterocycles. The van der Waals surface area contributed by atoms with Crippen molar-refractivity contribution in [3.8, 4) is 5.75 Å². The minimum absolute atomic E-state index is 0.00761. The van der Waals surface area contributed by atoms with Gasteiger partial charge in [-0.05, 0) is 75.1 Å². The van der Waals surface area contributed by atoms with Gasteiger partial charge in [0.05, 0.1) is 6.42 Å². The number of likely N-dealkylation sites (N-methyl/N-ethyl adjacent to an activating group) is 1. The molecule has 28 heteroatoms. The van der Waals surface area contributed by atoms with Gasteiger partial charge < -0.3 is 75.5 Å². The highest BCUT2D eigenvalue weighted by molar-refractivity contribution is 8.77. The first kappa shape index (κ1) is 64.2. The number of amides is 11. The monoisotopic (exact) mass is 1160 g/mol. The predicted octanol–water partition coefficient (Wildman–Crippen LogP) is -1.91. The van der Waals surface area contributed by atoms with Gasteiger partial charge in [-0.1, -0.05) is 83.3 Å². The van der Waals surface area contributed by atoms with Gasteiger partial charge in [-0.3, -0.25) is 57.7 Å². The van der Waals surface area contributed by atoms with Crippen molar-refractivity contribution in [2.45, 2.75) is 156 Å². The number of rotatable bonds is 19. The second kappa shape index (κ2) is 30.8. The summed E-state index contributed by atoms with van der Waals surface area (Å²) in [6, 6.07) is 3.68. The van der Waals surface area contributed by atoms with Gasteiger partial charge >= 0.3 is 0 Å². The highest BCUT2D eigenvalue weighted by Gasteiger charge is 2.43. The van der Waals surface area contributed by atoms with Crippen LogP contribution in [0.5, 0.6) is 5.75 Å². The van der Waals surface area contributed by atoms with E-state index in [1.165, 1.54) is 57.5 Å². The molecule has 1 aliphatic carbocycles. The molecule has 2 saturated heterocycles. The van der Waals surface area contributed by atoms with Gasteiger partial charge in [0.25, 0.3) is 0 Å². The van der Waals surface area contributed by atoms with Crippen LogP contribution in [0, 0.1) is 0 Å². The number of benzene rings is 2. The molecule has 2 heterocycles. The van der Waals surface area contributed by atoms with E-state index in [0.29, 0.717) is 30.4 Å². The van der Waals surface area contributed by atoms with E-state index in [1.54, 1.807) is 42.5 Å². The third-order valence-electron chi connectivity index (χ3n) is 14.3. The Morgan fingerprint density at radius 2 is 1.40 bits per heavy atom. The second-order valence-electron chi connectivity index (χ2n) is 20.6. The van der Waals surface area contributed by atoms with Crippen molar-refractivity contribution in [3.63, 3.8) is 0 Å². The Hall–Kier alpha value is -7.62. The van der Waals surface area contributed by atoms with Crippen molar-refractivity contribution < 1.29 is 57.8 Å². The summed E-state index contributed by atoms with van der Waals surface area (Å²) in [4.78, 5) is 159. The lowest BCUT2D eigenvalue weighted by Crippen LogP contribution is -2.61. The lowest BCUT2D eigenvalue weighted by molar-refractivity contribution is -0.142. The van der Waals surface area contributed by atoms with Crippen LogP contribution in [0.3, 0.4) is 0 Å². The second-order valence-corrected chi connectivity index (χ2v) is 23.4. The normalized spacial score (nSPS) is 23.1. The van der Waals surface area contributed by atoms with Gasteiger partial charge in [-0.25, -0.2) is 0 Å². The number of aromatic hydroxyl groups is 1. The lowest BCUT2D eigenvalue weighted by Gasteiger charge is -2.38. The van der Waals surface area contributed by atoms with Crippen LogP contribution >= 0.6 is 21.6 Å². The number of nitrogens with two attached hydrogens (primary N) is 5. The molecule has 81 heavy (non-hydrogen) atoms. The number of likely N-dealkylation sites (tertiary alicyclic amines) is 1. The highest BCUT2D eigenvalue weighted by atomic mass is 33.1. The van der Waals surface area contributed by atoms with Crippen LogP contribution in [-0.4, -0.2) is 165 Å². The Labute approximate surface area is 477 Å². The Balaban J connectivity index is 1.55. The molecule has 1 saturated carbocycles. The van der Waals surface area contributed by atoms with Crippen LogP contribution in [0.4, 0.5) is 0 Å². The van der Waals surface area contributed by atoms with Crippen LogP contribution in [0.25, 0.3) is 0 Å². The van der Waals surface area contributed by atoms with Crippen molar-refractivity contribution in [2.24, 2.45) is 33.7 Å². The summed E-state index contributed by atoms with van der Waals surface area (Å²) in [5.74, 6) is -9.52. The minimum Gasteiger partial charge on any atom is -0.508 e. The van der Waals surface area contributed by atoms with Gasteiger partial charge in [0.15, 0.2) is 5.96 Å². The number of hydrogen-bond acceptors (Lipinski definition) is 15. The number of guanidine groups is 1. The average molecular weight is 1170 g/mol. The summed E-state index contributed by atoms with van der Waals surface area (Å²) in [7, 11) is 4.00. The van der Waals surface area contributed by atoms with Crippen molar-refractivity contribution in [1.29, 1.82) is 0 Å². The number of carbonyl (C=O) groups is 11. The molecule has 0 bridgehead atoms. The molecule has 11 amide bonds. The van der Waals surface area contributed by atoms with E-state index in [9.17, 15) is 53.1 Å². The number of primary amides is 3. The number of hydrogen-bond donors (Lipinski definition) is 12. The van der Waals surface area contributed by atoms with Crippen molar-refractivity contribution in [1.82, 2.24) is 41.7 Å². The molecule has 0 radical (unpaired) electrons. The Morgan fingerprint density at radius 1 is 0.765 bits per heavy atom. The molecule has 0 unspecified atom stereocenters. The Morgan fingerprint density at radius 3 is 2.04 bits per heavy atom. The lowest BCUT2D eigenvalue weighted by atomic mass is 9.85. The molecular weight excluding hydrogens is 1090 g/mol. The van der Waals surface area contributed by atoms with E-state index in [0.717, 1.165) is 19.3 Å². The van der Waals surface area contributed by atoms with E-state index in [2.05, 4.69) is 36.9 Å². The number of carbonyl (C=O) groups excluding carboxylic acids is 11. The van der Waals surface area contributed by atoms with Crippen LogP contribution in [0.1, 0.15) is 102 Å². The molecule has 17 N–H and O–H groups in total. The zero-order valence-corrected chi connectivity index (χ0v) is 47.2. The minimum atomic E-state index is -1.78. The van der Waals surface area contributed by atoms with Crippen LogP contribution in [0.2, 0.25) is 0 Å². The topological polar surface area (TPSA) is 429 Å². The van der Waals surface area contributed by atoms with Crippen molar-refractivity contribution in [3.05, 3.63) is 65.7 Å². The van der Waals surface area contributed by atoms with Gasteiger partial charge in [-0.15, -0.1) is 0 Å². The summed E-state index contributed by atoms with van der Waals surface area (Å²) in [6.45, 7) is 1.49. The first-order chi connectivity index (χ1) is 38.4. The zero-order valence-electron chi connectivity index (χ0n) is 45.5. The summed E-state index contributed by atoms with van der Waals surface area (Å²) in [5, 5.41) is 25.8. The molecule has 5 rings (SSSR count). The number of aliphatic imine (C=N–C) groups is 1. The molecule has 2 aliphatic heterocycles. The molecule has 8 atom stereocenters. The SMILES string of the molecule is C[C@H](NC(=O)[C@H](CCCN=C(N)N)NC(=O)[C@@H]1CCCN1C(=O)[C@H]1CSSC2(CCCCC2)CC(=O)N(C)[C@@H](Cc2ccc(O)cc2)C(=O)N[C@H](Cc2ccccc2)C(=O)N[C@@H](CCC(N)=O)C(=O)N[C@H](CC(N)=O)C(=O)N1)C(N)=O. The predicted molar refractivity (Wildman–Crippen MR) is 302 cm³/mol. The molecule has 2 aromatic rings. The fourth-order valence-electron chi connectivity index (χ4n) is 9.76. The van der Waals surface area contributed by atoms with Crippen LogP contribution < -0.4 is 60.6 Å². The fourth-order valence-corrected chi connectivity index (χ4v) is 13.1. The fraction of sp³-hybridized carbons (Fsp3) is 0.547. The first-order valence-electron chi connectivity index (χ1n) is 26.9. The molecule has 26 nitrogen and oxygen atoms in total. The van der Waals surface area contributed by atoms with Gasteiger partial charge in [0.1, 0.15) is 54.1 Å². The maximum atomic E-state index is 15.0. The molecule has 1 spiro atoms. The average Bonchev–Trinajstić information content (AvgIpc) is 3.94. The smallest absolute Gasteiger partial charge is 0.246 e. The molecule has 442 valence electrons. The third-order valence-corrected chi connectivity index (χ3v) is 17.6. The first-order valence-corrected chi connectivity index (χ1v) is 29.2. The quantitative estimate of drug-likeness (QED) is 0.0316. The molecule has 3 aliphatic rings. The summed E-state index contributed by atoms with van der Waals surface area (Å²) in [5.41, 5.74) is 28.6. The molecule has 2 aromatic carbocycles. The largest absolute Gasteiger partial charge is 0.508 e. The Bertz CT molecular complexity index is 2620. The van der Waals surface area contributed by atoms with E-state index in [4.69, 9.17) is 28.7 Å². The van der Waals surface area contributed by atoms with E-state index in [-0.39, 0.29) is 69.1 Å². The van der Waals surface area contributed by atoms with E-state index >= 15 is 4.79 Å². The molecular formula is C53H76N14O12S2. The maximum Gasteiger partial charge on any atom is 0.246 e. The van der Waals surface area contributed by atoms with Gasteiger partial charge in [-0.2, -0.15) is 0 Å². The number of nitrogens with one attached hydrogen (secondary N) is 6. The third kappa shape index (κ3) is 19.9. The summed E-state index contributed by atoms with van der Waals surface area (Å²) >= 11 is 0. The Kier molecular flexibility index (Phi) is 24.4. The van der Waals surface area contributed by atoms with Crippen molar-refractivity contribution >= 4 is 92.5 Å². The number of phenols is 1. The maximum absolute atomic E-state index is 15.0. The van der Waals surface area contributed by atoms with Gasteiger partial charge in [0.2, 0.25) is 65.0 Å². The molecule has 3 fully saturated rings. The van der Waals surface area contributed by atoms with Crippen LogP contribution in [-0.2, 0) is 65.6 Å². The zero-order chi connectivity index (χ0) is 59.4. The number of nitrogens with zero attached hydrogens (tertiary/aromatic N) is 3. The van der Waals surface area contributed by atoms with E-state index < -0.39 is 137 Å². The standard InChI is InChI=1S/C53H76N14O12S2/c1-30(44(56)72)60-45(73)34(13-9-23-59-52(57)58)62-49(77)39-14-10-24-67(39)51(79)38-29-80-81-53(21-7-4-8-22-53)28-43(71)66(2)40(26-32-15-17-33(68)18-16-32)50(78)64-36(25-31-11-5-3-6-12-31)47(75)61-35(19-20-41(54)69)46(74)63-37(27-42(55)70)48(76)65-38/h3,5-6,11-12,15-18,30,34-40,68H,4,7-10,13-14,19-29H2,1-2H3,(H2,54,69)(H2,55,70)(H2,56,72)(H,60,73)(H,61,75)(H,62,77)(H,63,74)(H,64,78)(H,65,76)(H4,57,58,59)/t30-,34-,35-,36+,37+,38+,39-,40-/m0/s1. The summed E-state index contributed by atoms with van der Waals surface area (Å²) < 4.78 is -0.761. The summed E-state index contributed by atoms with van der Waals surface area (Å²) in [6.07, 6.45) is 2.25. The van der Waals surface area contributed by atoms with E-state index in [1.807, 2.05) is 0 Å². The van der Waals surface area contributed by atoms with Crippen LogP contribution in [0.15, 0.2) is 59.6 Å². The van der Waals surface area contributed by atoms with Gasteiger partial charge in [0, 0.05) is 56.3 Å². The highest BCUT2D eigenvalue weighted by Crippen LogP contribution is 2.49. The number of phenolic OH excluding ortho intramolecular Hbond substituents is 1. The van der Waals surface area contributed by atoms with Crippen molar-refractivity contribution in [2.75, 3.05) is 25.9 Å².